The molecular weight excluding hydrogens is 540 g/mol. The van der Waals surface area contributed by atoms with E-state index in [1.165, 1.54) is 12.1 Å². The summed E-state index contributed by atoms with van der Waals surface area (Å²) in [6, 6.07) is 12.2. The second kappa shape index (κ2) is 9.00. The van der Waals surface area contributed by atoms with Gasteiger partial charge in [-0.25, -0.2) is 8.78 Å². The highest BCUT2D eigenvalue weighted by molar-refractivity contribution is 6.34. The fourth-order valence-electron chi connectivity index (χ4n) is 6.33. The molecule has 3 N–H and O–H groups in total. The van der Waals surface area contributed by atoms with Gasteiger partial charge in [0, 0.05) is 29.2 Å². The normalized spacial score (nSPS) is 20.9. The van der Waals surface area contributed by atoms with Crippen molar-refractivity contribution in [3.63, 3.8) is 0 Å². The number of nitrogens with two attached hydrogens (primary N) is 1. The van der Waals surface area contributed by atoms with Crippen LogP contribution in [0.4, 0.5) is 8.78 Å². The number of halogens is 3. The standard InChI is InChI=1S/C29H24ClF2N5O3/c1-14-35-36-22-13-39-27-19(37(14)22)10-16(28(33)38)24(26(27)32)23-17-12-29(21-8-5-9-34-21,15-6-3-2-4-7-15)40-20(17)11-18(31)25(23)30/h2-4,6-7,10-11,21,34H,5,8-9,12-13H2,1H3,(H2,33,38)/t21-,29-/m0/s1. The molecule has 40 heavy (non-hydrogen) atoms. The maximum Gasteiger partial charge on any atom is 0.249 e. The molecule has 2 atom stereocenters. The average molecular weight is 564 g/mol. The number of primary amides is 1. The summed E-state index contributed by atoms with van der Waals surface area (Å²) in [6.07, 6.45) is 2.06. The van der Waals surface area contributed by atoms with Crippen molar-refractivity contribution < 1.29 is 23.0 Å². The first kappa shape index (κ1) is 25.0. The van der Waals surface area contributed by atoms with Crippen LogP contribution in [0, 0.1) is 18.6 Å². The maximum atomic E-state index is 16.6. The molecule has 0 saturated carbocycles. The number of carbonyl (C=O) groups excluding carboxylic acids is 1. The van der Waals surface area contributed by atoms with Crippen LogP contribution in [0.15, 0.2) is 42.5 Å². The van der Waals surface area contributed by atoms with Gasteiger partial charge in [0.05, 0.1) is 22.3 Å². The SMILES string of the molecule is Cc1nnc2n1-c1cc(C(N)=O)c(-c3c(Cl)c(F)cc4c3C[C@](c3ccccc3)([C@@H]3CCCN3)O4)c(F)c1OC2. The fourth-order valence-corrected chi connectivity index (χ4v) is 6.60. The zero-order chi connectivity index (χ0) is 27.8. The summed E-state index contributed by atoms with van der Waals surface area (Å²) in [7, 11) is 0. The van der Waals surface area contributed by atoms with Gasteiger partial charge in [-0.1, -0.05) is 41.9 Å². The van der Waals surface area contributed by atoms with E-state index in [9.17, 15) is 4.79 Å². The van der Waals surface area contributed by atoms with Gasteiger partial charge in [0.15, 0.2) is 23.0 Å². The summed E-state index contributed by atoms with van der Waals surface area (Å²) in [5.74, 6) is -1.55. The van der Waals surface area contributed by atoms with Crippen LogP contribution in [-0.2, 0) is 18.6 Å². The molecule has 1 saturated heterocycles. The highest BCUT2D eigenvalue weighted by Crippen LogP contribution is 2.53. The second-order valence-corrected chi connectivity index (χ2v) is 10.7. The third-order valence-corrected chi connectivity index (χ3v) is 8.47. The molecule has 4 heterocycles. The van der Waals surface area contributed by atoms with Crippen molar-refractivity contribution in [2.75, 3.05) is 6.54 Å². The molecule has 0 radical (unpaired) electrons. The highest BCUT2D eigenvalue weighted by Gasteiger charge is 2.50. The molecule has 8 nitrogen and oxygen atoms in total. The molecule has 3 aliphatic heterocycles. The Hall–Kier alpha value is -4.02. The van der Waals surface area contributed by atoms with Crippen LogP contribution in [-0.4, -0.2) is 33.3 Å². The highest BCUT2D eigenvalue weighted by atomic mass is 35.5. The van der Waals surface area contributed by atoms with E-state index in [4.69, 9.17) is 26.8 Å². The molecule has 3 aliphatic rings. The van der Waals surface area contributed by atoms with Gasteiger partial charge >= 0.3 is 0 Å². The second-order valence-electron chi connectivity index (χ2n) is 10.3. The topological polar surface area (TPSA) is 104 Å². The van der Waals surface area contributed by atoms with E-state index in [2.05, 4.69) is 15.5 Å². The largest absolute Gasteiger partial charge is 0.480 e. The van der Waals surface area contributed by atoms with Gasteiger partial charge in [0.1, 0.15) is 24.0 Å². The van der Waals surface area contributed by atoms with Crippen LogP contribution in [0.1, 0.15) is 46.0 Å². The van der Waals surface area contributed by atoms with E-state index in [1.807, 2.05) is 30.3 Å². The van der Waals surface area contributed by atoms with E-state index < -0.39 is 23.1 Å². The Bertz CT molecular complexity index is 1700. The van der Waals surface area contributed by atoms with Gasteiger partial charge in [0.25, 0.3) is 0 Å². The number of aryl methyl sites for hydroxylation is 1. The smallest absolute Gasteiger partial charge is 0.249 e. The number of amides is 1. The van der Waals surface area contributed by atoms with E-state index >= 15 is 8.78 Å². The average Bonchev–Trinajstić information content (AvgIpc) is 3.70. The first-order chi connectivity index (χ1) is 19.3. The van der Waals surface area contributed by atoms with Crippen LogP contribution in [0.25, 0.3) is 16.8 Å². The molecule has 0 spiro atoms. The summed E-state index contributed by atoms with van der Waals surface area (Å²) in [6.45, 7) is 2.48. The fraction of sp³-hybridized carbons (Fsp3) is 0.276. The Morgan fingerprint density at radius 3 is 2.73 bits per heavy atom. The van der Waals surface area contributed by atoms with Crippen molar-refractivity contribution in [3.05, 3.63) is 87.5 Å². The summed E-state index contributed by atoms with van der Waals surface area (Å²) >= 11 is 6.60. The van der Waals surface area contributed by atoms with Crippen molar-refractivity contribution in [1.82, 2.24) is 20.1 Å². The molecule has 1 fully saturated rings. The Labute approximate surface area is 233 Å². The van der Waals surface area contributed by atoms with E-state index in [-0.39, 0.29) is 58.0 Å². The number of nitrogens with one attached hydrogen (secondary N) is 1. The van der Waals surface area contributed by atoms with Gasteiger partial charge in [-0.3, -0.25) is 9.36 Å². The van der Waals surface area contributed by atoms with Crippen LogP contribution in [0.5, 0.6) is 11.5 Å². The molecule has 11 heteroatoms. The minimum Gasteiger partial charge on any atom is -0.480 e. The minimum atomic E-state index is -0.908. The number of nitrogens with zero attached hydrogens (tertiary/aromatic N) is 3. The minimum absolute atomic E-state index is 0.0245. The number of hydrogen-bond donors (Lipinski definition) is 2. The lowest BCUT2D eigenvalue weighted by Gasteiger charge is -2.35. The van der Waals surface area contributed by atoms with E-state index in [0.29, 0.717) is 17.2 Å². The zero-order valence-corrected chi connectivity index (χ0v) is 22.2. The van der Waals surface area contributed by atoms with Crippen LogP contribution in [0.2, 0.25) is 5.02 Å². The zero-order valence-electron chi connectivity index (χ0n) is 21.4. The van der Waals surface area contributed by atoms with Crippen molar-refractivity contribution in [2.45, 2.75) is 44.4 Å². The molecule has 1 amide bonds. The summed E-state index contributed by atoms with van der Waals surface area (Å²) in [5, 5.41) is 11.3. The number of carbonyl (C=O) groups is 1. The molecular formula is C29H24ClF2N5O3. The molecule has 0 unspecified atom stereocenters. The number of aromatic nitrogens is 3. The molecule has 204 valence electrons. The van der Waals surface area contributed by atoms with Crippen molar-refractivity contribution >= 4 is 17.5 Å². The molecule has 4 aromatic rings. The van der Waals surface area contributed by atoms with Crippen molar-refractivity contribution in [2.24, 2.45) is 5.73 Å². The number of benzene rings is 3. The number of rotatable bonds is 4. The maximum absolute atomic E-state index is 16.6. The predicted octanol–water partition coefficient (Wildman–Crippen LogP) is 4.75. The Morgan fingerprint density at radius 2 is 2.00 bits per heavy atom. The van der Waals surface area contributed by atoms with Crippen LogP contribution in [0.3, 0.4) is 0 Å². The molecule has 3 aromatic carbocycles. The Morgan fingerprint density at radius 1 is 1.20 bits per heavy atom. The first-order valence-electron chi connectivity index (χ1n) is 13.0. The van der Waals surface area contributed by atoms with Crippen molar-refractivity contribution in [3.8, 4) is 28.3 Å². The number of ether oxygens (including phenoxy) is 2. The molecule has 1 aromatic heterocycles. The van der Waals surface area contributed by atoms with Gasteiger partial charge in [-0.15, -0.1) is 10.2 Å². The number of hydrogen-bond acceptors (Lipinski definition) is 6. The van der Waals surface area contributed by atoms with Gasteiger partial charge in [-0.2, -0.15) is 0 Å². The van der Waals surface area contributed by atoms with Gasteiger partial charge < -0.3 is 20.5 Å². The predicted molar refractivity (Wildman–Crippen MR) is 143 cm³/mol. The van der Waals surface area contributed by atoms with Gasteiger partial charge in [-0.05, 0) is 37.9 Å². The van der Waals surface area contributed by atoms with Crippen molar-refractivity contribution in [1.29, 1.82) is 0 Å². The molecule has 7 rings (SSSR count). The Kier molecular flexibility index (Phi) is 5.62. The summed E-state index contributed by atoms with van der Waals surface area (Å²) in [5.41, 5.74) is 6.14. The number of fused-ring (bicyclic) bond motifs is 4. The quantitative estimate of drug-likeness (QED) is 0.371. The van der Waals surface area contributed by atoms with Crippen LogP contribution < -0.4 is 20.5 Å². The molecule has 0 aliphatic carbocycles. The third-order valence-electron chi connectivity index (χ3n) is 8.10. The lowest BCUT2D eigenvalue weighted by atomic mass is 9.80. The monoisotopic (exact) mass is 563 g/mol. The lowest BCUT2D eigenvalue weighted by Crippen LogP contribution is -2.48. The molecule has 0 bridgehead atoms. The summed E-state index contributed by atoms with van der Waals surface area (Å²) < 4.78 is 46.0. The van der Waals surface area contributed by atoms with Gasteiger partial charge in [0.2, 0.25) is 5.91 Å². The Balaban J connectivity index is 1.48. The summed E-state index contributed by atoms with van der Waals surface area (Å²) in [4.78, 5) is 12.8. The van der Waals surface area contributed by atoms with Crippen LogP contribution >= 0.6 is 11.6 Å². The first-order valence-corrected chi connectivity index (χ1v) is 13.4. The van der Waals surface area contributed by atoms with E-state index in [1.54, 1.807) is 11.5 Å². The van der Waals surface area contributed by atoms with E-state index in [0.717, 1.165) is 24.9 Å². The third kappa shape index (κ3) is 3.49. The lowest BCUT2D eigenvalue weighted by molar-refractivity contribution is 0.0539.